The zero-order valence-corrected chi connectivity index (χ0v) is 10.2. The molecule has 0 saturated heterocycles. The summed E-state index contributed by atoms with van der Waals surface area (Å²) in [5.74, 6) is 0. The maximum atomic E-state index is 11.7. The summed E-state index contributed by atoms with van der Waals surface area (Å²) in [4.78, 5) is 17.4. The number of anilines is 1. The van der Waals surface area contributed by atoms with Gasteiger partial charge in [0.05, 0.1) is 0 Å². The Morgan fingerprint density at radius 3 is 3.00 bits per heavy atom. The normalized spacial score (nSPS) is 12.2. The number of carbonyl (C=O) groups is 1. The third-order valence-electron chi connectivity index (χ3n) is 2.33. The topological polar surface area (TPSA) is 45.2 Å². The smallest absolute Gasteiger partial charge is 0.323 e. The number of nitrogens with zero attached hydrogens (tertiary/aromatic N) is 2. The van der Waals surface area contributed by atoms with Crippen molar-refractivity contribution in [2.75, 3.05) is 12.4 Å². The molecule has 1 N–H and O–H groups in total. The molecule has 0 saturated carbocycles. The fourth-order valence-electron chi connectivity index (χ4n) is 1.28. The van der Waals surface area contributed by atoms with Crippen molar-refractivity contribution in [1.29, 1.82) is 0 Å². The van der Waals surface area contributed by atoms with Crippen molar-refractivity contribution < 1.29 is 4.79 Å². The summed E-state index contributed by atoms with van der Waals surface area (Å²) < 4.78 is 0. The summed E-state index contributed by atoms with van der Waals surface area (Å²) in [5.41, 5.74) is 0. The number of hydrogen-bond acceptors (Lipinski definition) is 3. The highest BCUT2D eigenvalue weighted by molar-refractivity contribution is 7.13. The number of urea groups is 1. The Hall–Kier alpha value is -1.10. The summed E-state index contributed by atoms with van der Waals surface area (Å²) in [6.07, 6.45) is 3.77. The van der Waals surface area contributed by atoms with E-state index >= 15 is 0 Å². The number of thiazole rings is 1. The third kappa shape index (κ3) is 3.51. The van der Waals surface area contributed by atoms with Gasteiger partial charge in [0.2, 0.25) is 0 Å². The summed E-state index contributed by atoms with van der Waals surface area (Å²) in [6, 6.07) is 0.167. The molecule has 1 aromatic heterocycles. The molecule has 2 amide bonds. The Balaban J connectivity index is 2.46. The molecule has 4 nitrogen and oxygen atoms in total. The first-order chi connectivity index (χ1) is 7.15. The quantitative estimate of drug-likeness (QED) is 0.859. The number of rotatable bonds is 4. The van der Waals surface area contributed by atoms with Crippen molar-refractivity contribution in [2.45, 2.75) is 32.7 Å². The van der Waals surface area contributed by atoms with Crippen LogP contribution in [0.1, 0.15) is 26.7 Å². The van der Waals surface area contributed by atoms with Gasteiger partial charge in [0, 0.05) is 24.7 Å². The number of nitrogens with one attached hydrogen (secondary N) is 1. The average molecular weight is 227 g/mol. The largest absolute Gasteiger partial charge is 0.325 e. The highest BCUT2D eigenvalue weighted by atomic mass is 32.1. The molecule has 0 aromatic carbocycles. The molecule has 15 heavy (non-hydrogen) atoms. The molecular formula is C10H17N3OS. The second-order valence-electron chi connectivity index (χ2n) is 3.52. The van der Waals surface area contributed by atoms with Crippen LogP contribution >= 0.6 is 11.3 Å². The van der Waals surface area contributed by atoms with Crippen molar-refractivity contribution in [3.8, 4) is 0 Å². The molecule has 1 atom stereocenters. The summed E-state index contributed by atoms with van der Waals surface area (Å²) in [7, 11) is 1.81. The SMILES string of the molecule is CCC[C@H](C)N(C)C(=O)Nc1nccs1. The van der Waals surface area contributed by atoms with Crippen LogP contribution in [0.5, 0.6) is 0 Å². The minimum Gasteiger partial charge on any atom is -0.325 e. The van der Waals surface area contributed by atoms with E-state index in [2.05, 4.69) is 17.2 Å². The van der Waals surface area contributed by atoms with E-state index in [-0.39, 0.29) is 12.1 Å². The molecule has 0 bridgehead atoms. The van der Waals surface area contributed by atoms with Crippen LogP contribution in [0.3, 0.4) is 0 Å². The van der Waals surface area contributed by atoms with Crippen LogP contribution in [-0.2, 0) is 0 Å². The van der Waals surface area contributed by atoms with Crippen molar-refractivity contribution in [1.82, 2.24) is 9.88 Å². The van der Waals surface area contributed by atoms with E-state index in [0.29, 0.717) is 5.13 Å². The first-order valence-electron chi connectivity index (χ1n) is 5.08. The van der Waals surface area contributed by atoms with E-state index in [0.717, 1.165) is 12.8 Å². The van der Waals surface area contributed by atoms with E-state index in [4.69, 9.17) is 0 Å². The van der Waals surface area contributed by atoms with Crippen molar-refractivity contribution in [3.05, 3.63) is 11.6 Å². The van der Waals surface area contributed by atoms with E-state index in [1.165, 1.54) is 11.3 Å². The Bertz CT molecular complexity index is 300. The number of hydrogen-bond donors (Lipinski definition) is 1. The van der Waals surface area contributed by atoms with Crippen molar-refractivity contribution in [2.24, 2.45) is 0 Å². The third-order valence-corrected chi connectivity index (χ3v) is 3.02. The van der Waals surface area contributed by atoms with Crippen molar-refractivity contribution >= 4 is 22.5 Å². The van der Waals surface area contributed by atoms with Crippen LogP contribution in [0.15, 0.2) is 11.6 Å². The lowest BCUT2D eigenvalue weighted by molar-refractivity contribution is 0.205. The van der Waals surface area contributed by atoms with Gasteiger partial charge in [-0.3, -0.25) is 5.32 Å². The van der Waals surface area contributed by atoms with Gasteiger partial charge in [-0.1, -0.05) is 13.3 Å². The van der Waals surface area contributed by atoms with Crippen LogP contribution in [0.2, 0.25) is 0 Å². The van der Waals surface area contributed by atoms with Crippen LogP contribution in [0, 0.1) is 0 Å². The first kappa shape index (κ1) is 12.0. The molecule has 0 unspecified atom stereocenters. The van der Waals surface area contributed by atoms with Crippen LogP contribution in [0.4, 0.5) is 9.93 Å². The monoisotopic (exact) mass is 227 g/mol. The maximum absolute atomic E-state index is 11.7. The van der Waals surface area contributed by atoms with E-state index < -0.39 is 0 Å². The number of carbonyl (C=O) groups excluding carboxylic acids is 1. The molecular weight excluding hydrogens is 210 g/mol. The van der Waals surface area contributed by atoms with E-state index in [9.17, 15) is 4.79 Å². The lowest BCUT2D eigenvalue weighted by Crippen LogP contribution is -2.38. The molecule has 1 rings (SSSR count). The van der Waals surface area contributed by atoms with E-state index in [1.807, 2.05) is 19.4 Å². The highest BCUT2D eigenvalue weighted by Gasteiger charge is 2.15. The summed E-state index contributed by atoms with van der Waals surface area (Å²) in [5, 5.41) is 5.24. The van der Waals surface area contributed by atoms with Gasteiger partial charge in [-0.15, -0.1) is 11.3 Å². The van der Waals surface area contributed by atoms with Gasteiger partial charge < -0.3 is 4.90 Å². The van der Waals surface area contributed by atoms with Gasteiger partial charge in [-0.2, -0.15) is 0 Å². The molecule has 0 spiro atoms. The predicted octanol–water partition coefficient (Wildman–Crippen LogP) is 2.80. The number of amides is 2. The minimum absolute atomic E-state index is 0.0918. The molecule has 5 heteroatoms. The lowest BCUT2D eigenvalue weighted by Gasteiger charge is -2.24. The lowest BCUT2D eigenvalue weighted by atomic mass is 10.2. The fourth-order valence-corrected chi connectivity index (χ4v) is 1.79. The predicted molar refractivity (Wildman–Crippen MR) is 63.3 cm³/mol. The van der Waals surface area contributed by atoms with E-state index in [1.54, 1.807) is 11.1 Å². The molecule has 1 aromatic rings. The number of aromatic nitrogens is 1. The molecule has 0 radical (unpaired) electrons. The minimum atomic E-state index is -0.0918. The summed E-state index contributed by atoms with van der Waals surface area (Å²) in [6.45, 7) is 4.16. The van der Waals surface area contributed by atoms with Gasteiger partial charge in [0.25, 0.3) is 0 Å². The maximum Gasteiger partial charge on any atom is 0.323 e. The molecule has 0 aliphatic carbocycles. The second-order valence-corrected chi connectivity index (χ2v) is 4.41. The fraction of sp³-hybridized carbons (Fsp3) is 0.600. The first-order valence-corrected chi connectivity index (χ1v) is 5.96. The molecule has 0 fully saturated rings. The molecule has 0 aliphatic heterocycles. The van der Waals surface area contributed by atoms with Gasteiger partial charge in [-0.05, 0) is 13.3 Å². The Morgan fingerprint density at radius 2 is 2.47 bits per heavy atom. The average Bonchev–Trinajstić information content (AvgIpc) is 2.69. The van der Waals surface area contributed by atoms with Crippen LogP contribution < -0.4 is 5.32 Å². The zero-order chi connectivity index (χ0) is 11.3. The van der Waals surface area contributed by atoms with Gasteiger partial charge in [-0.25, -0.2) is 9.78 Å². The van der Waals surface area contributed by atoms with Crippen LogP contribution in [0.25, 0.3) is 0 Å². The Morgan fingerprint density at radius 1 is 1.73 bits per heavy atom. The van der Waals surface area contributed by atoms with Crippen LogP contribution in [-0.4, -0.2) is 29.0 Å². The summed E-state index contributed by atoms with van der Waals surface area (Å²) >= 11 is 1.42. The molecule has 1 heterocycles. The standard InChI is InChI=1S/C10H17N3OS/c1-4-5-8(2)13(3)10(14)12-9-11-6-7-15-9/h6-8H,4-5H2,1-3H3,(H,11,12,14)/t8-/m0/s1. The van der Waals surface area contributed by atoms with Gasteiger partial charge in [0.1, 0.15) is 0 Å². The molecule has 0 aliphatic rings. The van der Waals surface area contributed by atoms with Gasteiger partial charge >= 0.3 is 6.03 Å². The van der Waals surface area contributed by atoms with Gasteiger partial charge in [0.15, 0.2) is 5.13 Å². The zero-order valence-electron chi connectivity index (χ0n) is 9.36. The Labute approximate surface area is 94.3 Å². The Kier molecular flexibility index (Phi) is 4.55. The second kappa shape index (κ2) is 5.70. The van der Waals surface area contributed by atoms with Crippen molar-refractivity contribution in [3.63, 3.8) is 0 Å². The highest BCUT2D eigenvalue weighted by Crippen LogP contribution is 2.12. The molecule has 84 valence electrons.